The molecule has 1 heterocycles. The van der Waals surface area contributed by atoms with E-state index in [1.165, 1.54) is 17.7 Å². The summed E-state index contributed by atoms with van der Waals surface area (Å²) in [5.74, 6) is 2.17. The molecule has 2 rings (SSSR count). The van der Waals surface area contributed by atoms with Crippen molar-refractivity contribution in [3.05, 3.63) is 28.8 Å². The second kappa shape index (κ2) is 7.51. The van der Waals surface area contributed by atoms with Crippen LogP contribution in [0.2, 0.25) is 5.02 Å². The van der Waals surface area contributed by atoms with Crippen molar-refractivity contribution in [1.82, 2.24) is 5.32 Å². The Morgan fingerprint density at radius 1 is 1.24 bits per heavy atom. The normalized spacial score (nSPS) is 22.9. The molecule has 1 aromatic rings. The standard InChI is InChI=1S/C18H29ClN2/c1-13(2)9-20-10-16-5-6-18(17(19)8-16)21-11-14(3)7-15(4)12-21/h5-6,8,13-15,20H,7,9-12H2,1-4H3. The molecule has 1 aliphatic rings. The van der Waals surface area contributed by atoms with E-state index in [4.69, 9.17) is 11.6 Å². The van der Waals surface area contributed by atoms with E-state index in [2.05, 4.69) is 56.1 Å². The summed E-state index contributed by atoms with van der Waals surface area (Å²) in [5.41, 5.74) is 2.46. The van der Waals surface area contributed by atoms with Gasteiger partial charge in [0.15, 0.2) is 0 Å². The first-order valence-electron chi connectivity index (χ1n) is 8.19. The number of hydrogen-bond acceptors (Lipinski definition) is 2. The Hall–Kier alpha value is -0.730. The lowest BCUT2D eigenvalue weighted by Gasteiger charge is -2.37. The predicted octanol–water partition coefficient (Wildman–Crippen LogP) is 4.57. The third kappa shape index (κ3) is 4.89. The Morgan fingerprint density at radius 3 is 2.48 bits per heavy atom. The van der Waals surface area contributed by atoms with Crippen LogP contribution in [-0.4, -0.2) is 19.6 Å². The fourth-order valence-corrected chi connectivity index (χ4v) is 3.60. The number of hydrogen-bond donors (Lipinski definition) is 1. The Bertz CT molecular complexity index is 449. The molecule has 0 amide bonds. The largest absolute Gasteiger partial charge is 0.370 e. The van der Waals surface area contributed by atoms with Gasteiger partial charge in [0.25, 0.3) is 0 Å². The second-order valence-electron chi connectivity index (χ2n) is 7.16. The van der Waals surface area contributed by atoms with Gasteiger partial charge in [0.05, 0.1) is 10.7 Å². The van der Waals surface area contributed by atoms with E-state index in [9.17, 15) is 0 Å². The van der Waals surface area contributed by atoms with Crippen molar-refractivity contribution in [3.8, 4) is 0 Å². The summed E-state index contributed by atoms with van der Waals surface area (Å²) in [5, 5.41) is 4.36. The Balaban J connectivity index is 2.01. The highest BCUT2D eigenvalue weighted by Crippen LogP contribution is 2.32. The molecule has 0 spiro atoms. The average Bonchev–Trinajstić information content (AvgIpc) is 2.37. The summed E-state index contributed by atoms with van der Waals surface area (Å²) < 4.78 is 0. The minimum atomic E-state index is 0.677. The first-order chi connectivity index (χ1) is 9.95. The minimum absolute atomic E-state index is 0.677. The van der Waals surface area contributed by atoms with E-state index in [0.717, 1.165) is 43.0 Å². The van der Waals surface area contributed by atoms with Gasteiger partial charge in [0.2, 0.25) is 0 Å². The van der Waals surface area contributed by atoms with Crippen molar-refractivity contribution in [3.63, 3.8) is 0 Å². The number of halogens is 1. The van der Waals surface area contributed by atoms with Gasteiger partial charge in [-0.25, -0.2) is 0 Å². The summed E-state index contributed by atoms with van der Waals surface area (Å²) in [6.45, 7) is 13.3. The fraction of sp³-hybridized carbons (Fsp3) is 0.667. The quantitative estimate of drug-likeness (QED) is 0.857. The van der Waals surface area contributed by atoms with Crippen LogP contribution in [0.1, 0.15) is 39.7 Å². The van der Waals surface area contributed by atoms with Crippen LogP contribution >= 0.6 is 11.6 Å². The Kier molecular flexibility index (Phi) is 5.95. The SMILES string of the molecule is CC(C)CNCc1ccc(N2CC(C)CC(C)C2)c(Cl)c1. The van der Waals surface area contributed by atoms with Gasteiger partial charge in [-0.05, 0) is 48.4 Å². The van der Waals surface area contributed by atoms with E-state index < -0.39 is 0 Å². The Labute approximate surface area is 134 Å². The topological polar surface area (TPSA) is 15.3 Å². The molecule has 21 heavy (non-hydrogen) atoms. The summed E-state index contributed by atoms with van der Waals surface area (Å²) in [6.07, 6.45) is 1.32. The molecular formula is C18H29ClN2. The van der Waals surface area contributed by atoms with Gasteiger partial charge >= 0.3 is 0 Å². The second-order valence-corrected chi connectivity index (χ2v) is 7.57. The van der Waals surface area contributed by atoms with E-state index in [1.807, 2.05) is 0 Å². The van der Waals surface area contributed by atoms with Crippen LogP contribution in [0.4, 0.5) is 5.69 Å². The van der Waals surface area contributed by atoms with Crippen LogP contribution in [0.25, 0.3) is 0 Å². The maximum Gasteiger partial charge on any atom is 0.0642 e. The molecule has 1 aliphatic heterocycles. The minimum Gasteiger partial charge on any atom is -0.370 e. The van der Waals surface area contributed by atoms with Gasteiger partial charge < -0.3 is 10.2 Å². The van der Waals surface area contributed by atoms with E-state index in [-0.39, 0.29) is 0 Å². The maximum absolute atomic E-state index is 6.53. The number of rotatable bonds is 5. The van der Waals surface area contributed by atoms with Gasteiger partial charge in [-0.2, -0.15) is 0 Å². The number of anilines is 1. The molecule has 2 nitrogen and oxygen atoms in total. The highest BCUT2D eigenvalue weighted by Gasteiger charge is 2.23. The molecule has 118 valence electrons. The average molecular weight is 309 g/mol. The zero-order valence-corrected chi connectivity index (χ0v) is 14.6. The third-order valence-electron chi connectivity index (χ3n) is 4.10. The van der Waals surface area contributed by atoms with Gasteiger partial charge in [-0.1, -0.05) is 45.4 Å². The lowest BCUT2D eigenvalue weighted by atomic mass is 9.91. The molecule has 0 aliphatic carbocycles. The van der Waals surface area contributed by atoms with Crippen molar-refractivity contribution in [2.45, 2.75) is 40.7 Å². The van der Waals surface area contributed by atoms with E-state index in [1.54, 1.807) is 0 Å². The van der Waals surface area contributed by atoms with Gasteiger partial charge in [-0.15, -0.1) is 0 Å². The van der Waals surface area contributed by atoms with Crippen molar-refractivity contribution in [2.75, 3.05) is 24.5 Å². The molecule has 3 heteroatoms. The van der Waals surface area contributed by atoms with Crippen LogP contribution < -0.4 is 10.2 Å². The van der Waals surface area contributed by atoms with Gasteiger partial charge in [0.1, 0.15) is 0 Å². The van der Waals surface area contributed by atoms with Crippen LogP contribution in [0.3, 0.4) is 0 Å². The van der Waals surface area contributed by atoms with Crippen molar-refractivity contribution < 1.29 is 0 Å². The molecule has 0 bridgehead atoms. The number of piperidine rings is 1. The molecule has 0 aromatic heterocycles. The van der Waals surface area contributed by atoms with Crippen molar-refractivity contribution in [2.24, 2.45) is 17.8 Å². The summed E-state index contributed by atoms with van der Waals surface area (Å²) in [6, 6.07) is 6.52. The molecule has 1 saturated heterocycles. The first-order valence-corrected chi connectivity index (χ1v) is 8.57. The lowest BCUT2D eigenvalue weighted by Crippen LogP contribution is -2.38. The maximum atomic E-state index is 6.53. The fourth-order valence-electron chi connectivity index (χ4n) is 3.28. The highest BCUT2D eigenvalue weighted by molar-refractivity contribution is 6.33. The zero-order chi connectivity index (χ0) is 15.4. The smallest absolute Gasteiger partial charge is 0.0642 e. The molecule has 1 fully saturated rings. The van der Waals surface area contributed by atoms with Crippen LogP contribution in [0, 0.1) is 17.8 Å². The highest BCUT2D eigenvalue weighted by atomic mass is 35.5. The molecular weight excluding hydrogens is 280 g/mol. The number of nitrogens with zero attached hydrogens (tertiary/aromatic N) is 1. The molecule has 1 N–H and O–H groups in total. The van der Waals surface area contributed by atoms with E-state index >= 15 is 0 Å². The predicted molar refractivity (Wildman–Crippen MR) is 93.2 cm³/mol. The van der Waals surface area contributed by atoms with Crippen molar-refractivity contribution >= 4 is 17.3 Å². The number of benzene rings is 1. The molecule has 1 aromatic carbocycles. The van der Waals surface area contributed by atoms with E-state index in [0.29, 0.717) is 5.92 Å². The third-order valence-corrected chi connectivity index (χ3v) is 4.41. The molecule has 0 saturated carbocycles. The molecule has 0 radical (unpaired) electrons. The summed E-state index contributed by atoms with van der Waals surface area (Å²) in [4.78, 5) is 2.45. The molecule has 2 atom stereocenters. The van der Waals surface area contributed by atoms with Crippen LogP contribution in [0.5, 0.6) is 0 Å². The number of nitrogens with one attached hydrogen (secondary N) is 1. The van der Waals surface area contributed by atoms with Gasteiger partial charge in [-0.3, -0.25) is 0 Å². The van der Waals surface area contributed by atoms with Gasteiger partial charge in [0, 0.05) is 19.6 Å². The zero-order valence-electron chi connectivity index (χ0n) is 13.8. The Morgan fingerprint density at radius 2 is 1.90 bits per heavy atom. The first kappa shape index (κ1) is 16.6. The monoisotopic (exact) mass is 308 g/mol. The van der Waals surface area contributed by atoms with Crippen LogP contribution in [0.15, 0.2) is 18.2 Å². The molecule has 2 unspecified atom stereocenters. The summed E-state index contributed by atoms with van der Waals surface area (Å²) in [7, 11) is 0. The summed E-state index contributed by atoms with van der Waals surface area (Å²) >= 11 is 6.53. The van der Waals surface area contributed by atoms with Crippen molar-refractivity contribution in [1.29, 1.82) is 0 Å². The lowest BCUT2D eigenvalue weighted by molar-refractivity contribution is 0.357. The van der Waals surface area contributed by atoms with Crippen LogP contribution in [-0.2, 0) is 6.54 Å².